The molecule has 0 aliphatic carbocycles. The summed E-state index contributed by atoms with van der Waals surface area (Å²) in [5, 5.41) is 1.32. The van der Waals surface area contributed by atoms with Crippen molar-refractivity contribution in [1.29, 1.82) is 0 Å². The van der Waals surface area contributed by atoms with E-state index in [0.717, 1.165) is 16.5 Å². The lowest BCUT2D eigenvalue weighted by molar-refractivity contribution is 0.0617. The van der Waals surface area contributed by atoms with E-state index in [1.54, 1.807) is 19.2 Å². The third-order valence-electron chi connectivity index (χ3n) is 4.53. The molecule has 0 aliphatic rings. The highest BCUT2D eigenvalue weighted by atomic mass is 35.5. The molecule has 144 valence electrons. The maximum Gasteiger partial charge on any atom is 0.276 e. The number of ether oxygens (including phenoxy) is 2. The number of para-hydroxylation sites is 2. The smallest absolute Gasteiger partial charge is 0.276 e. The van der Waals surface area contributed by atoms with Gasteiger partial charge in [-0.05, 0) is 29.8 Å². The summed E-state index contributed by atoms with van der Waals surface area (Å²) in [6, 6.07) is 11.0. The van der Waals surface area contributed by atoms with E-state index in [1.807, 2.05) is 24.3 Å². The Labute approximate surface area is 165 Å². The molecule has 0 atom stereocenters. The maximum atomic E-state index is 12.5. The summed E-state index contributed by atoms with van der Waals surface area (Å²) >= 11 is 6.38. The molecular formula is C20H19ClN4O3. The average molecular weight is 399 g/mol. The number of hydrogen-bond acceptors (Lipinski definition) is 5. The summed E-state index contributed by atoms with van der Waals surface area (Å²) in [7, 11) is 1.62. The van der Waals surface area contributed by atoms with Crippen LogP contribution in [-0.2, 0) is 16.1 Å². The average Bonchev–Trinajstić information content (AvgIpc) is 3.00. The first-order chi connectivity index (χ1) is 13.6. The van der Waals surface area contributed by atoms with Crippen LogP contribution in [0, 0.1) is 0 Å². The largest absolute Gasteiger partial charge is 0.396 e. The summed E-state index contributed by atoms with van der Waals surface area (Å²) in [5.74, 6) is 0. The molecule has 7 nitrogen and oxygen atoms in total. The van der Waals surface area contributed by atoms with Crippen LogP contribution in [0.2, 0.25) is 5.02 Å². The number of halogens is 1. The number of methoxy groups -OCH3 is 1. The quantitative estimate of drug-likeness (QED) is 0.431. The van der Waals surface area contributed by atoms with Gasteiger partial charge in [-0.1, -0.05) is 23.7 Å². The van der Waals surface area contributed by atoms with Gasteiger partial charge in [-0.3, -0.25) is 4.79 Å². The van der Waals surface area contributed by atoms with E-state index in [-0.39, 0.29) is 11.3 Å². The number of rotatable bonds is 6. The Hall–Kier alpha value is -2.87. The van der Waals surface area contributed by atoms with Gasteiger partial charge in [0.25, 0.3) is 5.56 Å². The van der Waals surface area contributed by atoms with Gasteiger partial charge in [0.2, 0.25) is 0 Å². The van der Waals surface area contributed by atoms with Gasteiger partial charge in [0, 0.05) is 23.0 Å². The summed E-state index contributed by atoms with van der Waals surface area (Å²) in [6.45, 7) is 1.31. The molecule has 0 radical (unpaired) electrons. The minimum absolute atomic E-state index is 0.237. The van der Waals surface area contributed by atoms with Gasteiger partial charge in [-0.25, -0.2) is 4.98 Å². The van der Waals surface area contributed by atoms with Gasteiger partial charge in [-0.2, -0.15) is 0 Å². The molecule has 0 aliphatic heterocycles. The molecular weight excluding hydrogens is 380 g/mol. The van der Waals surface area contributed by atoms with Gasteiger partial charge in [0.15, 0.2) is 5.69 Å². The van der Waals surface area contributed by atoms with Crippen molar-refractivity contribution in [3.63, 3.8) is 0 Å². The Morgan fingerprint density at radius 3 is 2.79 bits per heavy atom. The SMILES string of the molecule is COCCOCc1cc2c(N)c(-c3nc4ccccc4[nH]c3=O)[nH]c2cc1Cl. The summed E-state index contributed by atoms with van der Waals surface area (Å²) in [4.78, 5) is 23.1. The van der Waals surface area contributed by atoms with Crippen molar-refractivity contribution in [2.75, 3.05) is 26.1 Å². The lowest BCUT2D eigenvalue weighted by Gasteiger charge is -2.06. The van der Waals surface area contributed by atoms with Gasteiger partial charge in [0.1, 0.15) is 0 Å². The molecule has 8 heteroatoms. The van der Waals surface area contributed by atoms with Gasteiger partial charge < -0.3 is 25.2 Å². The standard InChI is InChI=1S/C20H19ClN4O3/c1-27-6-7-28-10-11-8-12-16(9-13(11)21)24-18(17(12)22)19-20(26)25-15-5-3-2-4-14(15)23-19/h2-5,8-9,24H,6-7,10,22H2,1H3,(H,25,26). The van der Waals surface area contributed by atoms with Crippen molar-refractivity contribution in [2.24, 2.45) is 0 Å². The van der Waals surface area contributed by atoms with Crippen molar-refractivity contribution in [3.8, 4) is 11.4 Å². The number of anilines is 1. The third-order valence-corrected chi connectivity index (χ3v) is 4.88. The number of benzene rings is 2. The summed E-state index contributed by atoms with van der Waals surface area (Å²) < 4.78 is 10.5. The van der Waals surface area contributed by atoms with Gasteiger partial charge in [0.05, 0.1) is 42.2 Å². The first-order valence-corrected chi connectivity index (χ1v) is 9.12. The number of nitrogens with one attached hydrogen (secondary N) is 2. The molecule has 4 aromatic rings. The Kier molecular flexibility index (Phi) is 5.04. The van der Waals surface area contributed by atoms with Crippen LogP contribution in [0.3, 0.4) is 0 Å². The fraction of sp³-hybridized carbons (Fsp3) is 0.200. The first-order valence-electron chi connectivity index (χ1n) is 8.74. The fourth-order valence-electron chi connectivity index (χ4n) is 3.10. The highest BCUT2D eigenvalue weighted by Crippen LogP contribution is 2.34. The van der Waals surface area contributed by atoms with Crippen molar-refractivity contribution >= 4 is 39.2 Å². The van der Waals surface area contributed by atoms with Crippen molar-refractivity contribution in [3.05, 3.63) is 57.3 Å². The zero-order chi connectivity index (χ0) is 19.7. The number of aromatic amines is 2. The molecule has 0 amide bonds. The van der Waals surface area contributed by atoms with Crippen LogP contribution >= 0.6 is 11.6 Å². The topological polar surface area (TPSA) is 106 Å². The molecule has 28 heavy (non-hydrogen) atoms. The van der Waals surface area contributed by atoms with Crippen LogP contribution in [-0.4, -0.2) is 35.3 Å². The number of hydrogen-bond donors (Lipinski definition) is 3. The van der Waals surface area contributed by atoms with Crippen LogP contribution in [0.15, 0.2) is 41.2 Å². The maximum absolute atomic E-state index is 12.5. The number of nitrogens with zero attached hydrogens (tertiary/aromatic N) is 1. The normalized spacial score (nSPS) is 11.5. The Balaban J connectivity index is 1.78. The highest BCUT2D eigenvalue weighted by molar-refractivity contribution is 6.32. The van der Waals surface area contributed by atoms with Crippen LogP contribution in [0.5, 0.6) is 0 Å². The molecule has 0 bridgehead atoms. The molecule has 4 N–H and O–H groups in total. The monoisotopic (exact) mass is 398 g/mol. The van der Waals surface area contributed by atoms with Crippen LogP contribution in [0.4, 0.5) is 5.69 Å². The molecule has 4 rings (SSSR count). The van der Waals surface area contributed by atoms with Crippen LogP contribution in [0.25, 0.3) is 33.3 Å². The fourth-order valence-corrected chi connectivity index (χ4v) is 3.32. The molecule has 2 heterocycles. The zero-order valence-electron chi connectivity index (χ0n) is 15.2. The van der Waals surface area contributed by atoms with E-state index in [9.17, 15) is 4.79 Å². The van der Waals surface area contributed by atoms with E-state index < -0.39 is 0 Å². The molecule has 2 aromatic carbocycles. The van der Waals surface area contributed by atoms with E-state index >= 15 is 0 Å². The summed E-state index contributed by atoms with van der Waals surface area (Å²) in [5.41, 5.74) is 10.1. The van der Waals surface area contributed by atoms with E-state index in [2.05, 4.69) is 15.0 Å². The van der Waals surface area contributed by atoms with Crippen LogP contribution in [0.1, 0.15) is 5.56 Å². The first kappa shape index (κ1) is 18.5. The zero-order valence-corrected chi connectivity index (χ0v) is 16.0. The van der Waals surface area contributed by atoms with E-state index in [4.69, 9.17) is 26.8 Å². The third kappa shape index (κ3) is 3.35. The van der Waals surface area contributed by atoms with Crippen molar-refractivity contribution in [1.82, 2.24) is 15.0 Å². The number of nitrogen functional groups attached to an aromatic ring is 1. The minimum Gasteiger partial charge on any atom is -0.396 e. The number of nitrogens with two attached hydrogens (primary N) is 1. The highest BCUT2D eigenvalue weighted by Gasteiger charge is 2.17. The molecule has 0 saturated carbocycles. The molecule has 0 saturated heterocycles. The predicted octanol–water partition coefficient (Wildman–Crippen LogP) is 3.47. The van der Waals surface area contributed by atoms with E-state index in [0.29, 0.717) is 47.3 Å². The molecule has 0 fully saturated rings. The Morgan fingerprint density at radius 2 is 1.96 bits per heavy atom. The number of H-pyrrole nitrogens is 2. The van der Waals surface area contributed by atoms with Crippen LogP contribution < -0.4 is 11.3 Å². The lowest BCUT2D eigenvalue weighted by atomic mass is 10.1. The Bertz CT molecular complexity index is 1220. The van der Waals surface area contributed by atoms with Gasteiger partial charge in [-0.15, -0.1) is 0 Å². The summed E-state index contributed by atoms with van der Waals surface area (Å²) in [6.07, 6.45) is 0. The lowest BCUT2D eigenvalue weighted by Crippen LogP contribution is -2.12. The second kappa shape index (κ2) is 7.63. The van der Waals surface area contributed by atoms with Crippen molar-refractivity contribution < 1.29 is 9.47 Å². The van der Waals surface area contributed by atoms with Gasteiger partial charge >= 0.3 is 0 Å². The van der Waals surface area contributed by atoms with Crippen molar-refractivity contribution in [2.45, 2.75) is 6.61 Å². The predicted molar refractivity (Wildman–Crippen MR) is 111 cm³/mol. The second-order valence-electron chi connectivity index (χ2n) is 6.38. The molecule has 2 aromatic heterocycles. The Morgan fingerprint density at radius 1 is 1.14 bits per heavy atom. The molecule has 0 spiro atoms. The number of aromatic nitrogens is 3. The number of fused-ring (bicyclic) bond motifs is 2. The minimum atomic E-state index is -0.314. The molecule has 0 unspecified atom stereocenters. The second-order valence-corrected chi connectivity index (χ2v) is 6.79. The van der Waals surface area contributed by atoms with E-state index in [1.165, 1.54) is 0 Å².